The Morgan fingerprint density at radius 3 is 1.80 bits per heavy atom. The Hall–Kier alpha value is -1.04. The van der Waals surface area contributed by atoms with E-state index in [1.807, 2.05) is 6.08 Å². The van der Waals surface area contributed by atoms with Gasteiger partial charge in [-0.3, -0.25) is 0 Å². The first kappa shape index (κ1) is 19.0. The van der Waals surface area contributed by atoms with Crippen molar-refractivity contribution in [3.8, 4) is 0 Å². The van der Waals surface area contributed by atoms with Crippen LogP contribution in [0.2, 0.25) is 0 Å². The molecule has 0 rings (SSSR count). The van der Waals surface area contributed by atoms with Crippen LogP contribution in [0.25, 0.3) is 0 Å². The molecule has 0 N–H and O–H groups in total. The van der Waals surface area contributed by atoms with Gasteiger partial charge in [-0.15, -0.1) is 6.58 Å². The molecule has 0 aromatic carbocycles. The van der Waals surface area contributed by atoms with Gasteiger partial charge in [0.2, 0.25) is 0 Å². The second-order valence-corrected chi connectivity index (χ2v) is 5.31. The third-order valence-corrected chi connectivity index (χ3v) is 3.31. The van der Waals surface area contributed by atoms with E-state index >= 15 is 0 Å². The maximum absolute atomic E-state index is 3.71. The van der Waals surface area contributed by atoms with Crippen molar-refractivity contribution in [1.29, 1.82) is 0 Å². The summed E-state index contributed by atoms with van der Waals surface area (Å²) in [4.78, 5) is 0. The van der Waals surface area contributed by atoms with Gasteiger partial charge < -0.3 is 0 Å². The lowest BCUT2D eigenvalue weighted by molar-refractivity contribution is 0.611. The van der Waals surface area contributed by atoms with E-state index < -0.39 is 0 Å². The lowest BCUT2D eigenvalue weighted by atomic mass is 10.1. The van der Waals surface area contributed by atoms with Crippen LogP contribution in [0.15, 0.2) is 49.1 Å². The second-order valence-electron chi connectivity index (χ2n) is 5.31. The fraction of sp³-hybridized carbons (Fsp3) is 0.600. The largest absolute Gasteiger partial charge is 0.103 e. The predicted molar refractivity (Wildman–Crippen MR) is 94.1 cm³/mol. The Labute approximate surface area is 127 Å². The summed E-state index contributed by atoms with van der Waals surface area (Å²) < 4.78 is 0. The Morgan fingerprint density at radius 2 is 1.15 bits per heavy atom. The van der Waals surface area contributed by atoms with Gasteiger partial charge in [0.1, 0.15) is 0 Å². The SMILES string of the molecule is C=CCCC=CCC=CCC=CCCCCCCCC. The smallest absolute Gasteiger partial charge is 0.0169 e. The predicted octanol–water partition coefficient (Wildman–Crippen LogP) is 7.15. The van der Waals surface area contributed by atoms with Crippen LogP contribution in [-0.2, 0) is 0 Å². The van der Waals surface area contributed by atoms with Crippen molar-refractivity contribution >= 4 is 0 Å². The van der Waals surface area contributed by atoms with E-state index in [-0.39, 0.29) is 0 Å². The van der Waals surface area contributed by atoms with E-state index in [1.54, 1.807) is 0 Å². The molecule has 0 spiro atoms. The molecule has 0 saturated carbocycles. The topological polar surface area (TPSA) is 0 Å². The highest BCUT2D eigenvalue weighted by atomic mass is 13.9. The van der Waals surface area contributed by atoms with Crippen LogP contribution in [0, 0.1) is 0 Å². The zero-order valence-electron chi connectivity index (χ0n) is 13.5. The lowest BCUT2D eigenvalue weighted by Crippen LogP contribution is -1.77. The minimum atomic E-state index is 1.06. The highest BCUT2D eigenvalue weighted by Crippen LogP contribution is 2.07. The summed E-state index contributed by atoms with van der Waals surface area (Å²) in [5.41, 5.74) is 0. The van der Waals surface area contributed by atoms with Crippen molar-refractivity contribution in [2.45, 2.75) is 77.6 Å². The molecule has 0 fully saturated rings. The van der Waals surface area contributed by atoms with Crippen LogP contribution in [0.5, 0.6) is 0 Å². The molecule has 0 heteroatoms. The summed E-state index contributed by atoms with van der Waals surface area (Å²) in [6.45, 7) is 5.98. The highest BCUT2D eigenvalue weighted by molar-refractivity contribution is 4.97. The maximum Gasteiger partial charge on any atom is -0.0169 e. The molecule has 0 aromatic rings. The molecule has 0 amide bonds. The van der Waals surface area contributed by atoms with Crippen molar-refractivity contribution < 1.29 is 0 Å². The molecular formula is C20H34. The maximum atomic E-state index is 3.71. The first-order valence-electron chi connectivity index (χ1n) is 8.47. The highest BCUT2D eigenvalue weighted by Gasteiger charge is 1.87. The first-order valence-corrected chi connectivity index (χ1v) is 8.47. The monoisotopic (exact) mass is 274 g/mol. The van der Waals surface area contributed by atoms with E-state index in [9.17, 15) is 0 Å². The van der Waals surface area contributed by atoms with Gasteiger partial charge in [-0.2, -0.15) is 0 Å². The van der Waals surface area contributed by atoms with E-state index in [1.165, 1.54) is 44.9 Å². The number of hydrogen-bond donors (Lipinski definition) is 0. The third-order valence-electron chi connectivity index (χ3n) is 3.31. The number of hydrogen-bond acceptors (Lipinski definition) is 0. The van der Waals surface area contributed by atoms with Gasteiger partial charge in [-0.1, -0.05) is 81.6 Å². The first-order chi connectivity index (χ1) is 9.91. The van der Waals surface area contributed by atoms with Crippen molar-refractivity contribution in [3.05, 3.63) is 49.1 Å². The van der Waals surface area contributed by atoms with E-state index in [4.69, 9.17) is 0 Å². The van der Waals surface area contributed by atoms with Gasteiger partial charge in [0.05, 0.1) is 0 Å². The van der Waals surface area contributed by atoms with Crippen LogP contribution in [-0.4, -0.2) is 0 Å². The number of unbranched alkanes of at least 4 members (excludes halogenated alkanes) is 7. The van der Waals surface area contributed by atoms with Crippen LogP contribution in [0.4, 0.5) is 0 Å². The molecule has 0 heterocycles. The molecule has 0 unspecified atom stereocenters. The molecule has 0 saturated heterocycles. The van der Waals surface area contributed by atoms with Gasteiger partial charge in [0.25, 0.3) is 0 Å². The standard InChI is InChI=1S/C20H34/c1-3-5-7-9-11-13-15-17-19-20-18-16-14-12-10-8-6-4-2/h3,9,11,15,17-18,20H,1,4-8,10,12-14,16,19H2,2H3. The van der Waals surface area contributed by atoms with Crippen molar-refractivity contribution in [3.63, 3.8) is 0 Å². The average Bonchev–Trinajstić information content (AvgIpc) is 2.47. The van der Waals surface area contributed by atoms with Crippen LogP contribution in [0.3, 0.4) is 0 Å². The summed E-state index contributed by atoms with van der Waals surface area (Å²) >= 11 is 0. The molecule has 0 aliphatic heterocycles. The molecule has 20 heavy (non-hydrogen) atoms. The second kappa shape index (κ2) is 18.0. The molecule has 0 aliphatic rings. The van der Waals surface area contributed by atoms with Gasteiger partial charge in [-0.25, -0.2) is 0 Å². The fourth-order valence-electron chi connectivity index (χ4n) is 2.03. The fourth-order valence-corrected chi connectivity index (χ4v) is 2.03. The Bertz CT molecular complexity index is 268. The molecule has 114 valence electrons. The quantitative estimate of drug-likeness (QED) is 0.233. The van der Waals surface area contributed by atoms with Crippen molar-refractivity contribution in [1.82, 2.24) is 0 Å². The van der Waals surface area contributed by atoms with Crippen LogP contribution < -0.4 is 0 Å². The van der Waals surface area contributed by atoms with E-state index in [0.29, 0.717) is 0 Å². The third kappa shape index (κ3) is 17.0. The summed E-state index contributed by atoms with van der Waals surface area (Å²) in [6.07, 6.45) is 29.5. The van der Waals surface area contributed by atoms with E-state index in [2.05, 4.69) is 50.0 Å². The van der Waals surface area contributed by atoms with Gasteiger partial charge >= 0.3 is 0 Å². The van der Waals surface area contributed by atoms with Crippen LogP contribution >= 0.6 is 0 Å². The van der Waals surface area contributed by atoms with Crippen LogP contribution in [0.1, 0.15) is 77.6 Å². The summed E-state index contributed by atoms with van der Waals surface area (Å²) in [5.74, 6) is 0. The zero-order chi connectivity index (χ0) is 14.7. The number of rotatable bonds is 14. The molecule has 0 bridgehead atoms. The Morgan fingerprint density at radius 1 is 0.600 bits per heavy atom. The van der Waals surface area contributed by atoms with Gasteiger partial charge in [-0.05, 0) is 38.5 Å². The molecule has 0 radical (unpaired) electrons. The lowest BCUT2D eigenvalue weighted by Gasteiger charge is -1.97. The zero-order valence-corrected chi connectivity index (χ0v) is 13.5. The molecular weight excluding hydrogens is 240 g/mol. The Kier molecular flexibility index (Phi) is 17.0. The van der Waals surface area contributed by atoms with Gasteiger partial charge in [0.15, 0.2) is 0 Å². The molecule has 0 aliphatic carbocycles. The summed E-state index contributed by atoms with van der Waals surface area (Å²) in [7, 11) is 0. The minimum Gasteiger partial charge on any atom is -0.103 e. The number of allylic oxidation sites excluding steroid dienone is 7. The van der Waals surface area contributed by atoms with Crippen molar-refractivity contribution in [2.24, 2.45) is 0 Å². The average molecular weight is 274 g/mol. The molecule has 0 atom stereocenters. The Balaban J connectivity index is 3.26. The van der Waals surface area contributed by atoms with E-state index in [0.717, 1.165) is 25.7 Å². The summed E-state index contributed by atoms with van der Waals surface area (Å²) in [6, 6.07) is 0. The van der Waals surface area contributed by atoms with Gasteiger partial charge in [0, 0.05) is 0 Å². The summed E-state index contributed by atoms with van der Waals surface area (Å²) in [5, 5.41) is 0. The van der Waals surface area contributed by atoms with Crippen molar-refractivity contribution in [2.75, 3.05) is 0 Å². The molecule has 0 nitrogen and oxygen atoms in total. The normalized spacial score (nSPS) is 12.1. The molecule has 0 aromatic heterocycles. The minimum absolute atomic E-state index is 1.06.